The number of nitrogens with one attached hydrogen (secondary N) is 1. The van der Waals surface area contributed by atoms with Gasteiger partial charge in [-0.1, -0.05) is 15.9 Å². The second-order valence-electron chi connectivity index (χ2n) is 6.80. The topological polar surface area (TPSA) is 71.0 Å². The molecule has 1 saturated heterocycles. The van der Waals surface area contributed by atoms with E-state index in [1.165, 1.54) is 0 Å². The Kier molecular flexibility index (Phi) is 5.62. The van der Waals surface area contributed by atoms with Gasteiger partial charge in [-0.25, -0.2) is 0 Å². The molecule has 1 unspecified atom stereocenters. The highest BCUT2D eigenvalue weighted by Gasteiger charge is 2.26. The van der Waals surface area contributed by atoms with Crippen molar-refractivity contribution in [2.45, 2.75) is 12.8 Å². The van der Waals surface area contributed by atoms with E-state index in [2.05, 4.69) is 41.3 Å². The summed E-state index contributed by atoms with van der Waals surface area (Å²) >= 11 is 3.41. The summed E-state index contributed by atoms with van der Waals surface area (Å²) in [6.07, 6.45) is 5.33. The zero-order chi connectivity index (χ0) is 19.3. The number of carbonyl (C=O) groups is 1. The molecule has 1 aliphatic heterocycles. The highest BCUT2D eigenvalue weighted by molar-refractivity contribution is 9.10. The Morgan fingerprint density at radius 1 is 1.11 bits per heavy atom. The first-order valence-corrected chi connectivity index (χ1v) is 10.0. The molecule has 0 aliphatic carbocycles. The van der Waals surface area contributed by atoms with Crippen molar-refractivity contribution >= 4 is 33.3 Å². The Morgan fingerprint density at radius 3 is 2.68 bits per heavy atom. The molecular formula is C21H20BrN5O. The molecule has 0 bridgehead atoms. The fourth-order valence-electron chi connectivity index (χ4n) is 3.34. The van der Waals surface area contributed by atoms with Crippen molar-refractivity contribution in [3.05, 3.63) is 65.4 Å². The number of rotatable bonds is 4. The lowest BCUT2D eigenvalue weighted by atomic mass is 9.97. The first-order chi connectivity index (χ1) is 13.7. The SMILES string of the molecule is O=C(Nc1ccc(Br)cc1)C1CCCN(c2ccc(-c3cccnc3)nn2)C1. The Bertz CT molecular complexity index is 931. The molecule has 0 saturated carbocycles. The number of piperidine rings is 1. The third kappa shape index (κ3) is 4.36. The van der Waals surface area contributed by atoms with Gasteiger partial charge in [0.25, 0.3) is 0 Å². The molecule has 1 aromatic carbocycles. The number of nitrogens with zero attached hydrogens (tertiary/aromatic N) is 4. The normalized spacial score (nSPS) is 16.6. The monoisotopic (exact) mass is 437 g/mol. The van der Waals surface area contributed by atoms with Crippen LogP contribution in [0, 0.1) is 5.92 Å². The summed E-state index contributed by atoms with van der Waals surface area (Å²) < 4.78 is 0.989. The molecule has 142 valence electrons. The molecule has 3 aromatic rings. The summed E-state index contributed by atoms with van der Waals surface area (Å²) in [6.45, 7) is 1.52. The highest BCUT2D eigenvalue weighted by Crippen LogP contribution is 2.24. The Hall–Kier alpha value is -2.80. The number of aromatic nitrogens is 3. The standard InChI is InChI=1S/C21H20BrN5O/c22-17-5-7-18(8-6-17)24-21(28)16-4-2-12-27(14-16)20-10-9-19(25-26-20)15-3-1-11-23-13-15/h1,3,5-11,13,16H,2,4,12,14H2,(H,24,28). The van der Waals surface area contributed by atoms with Crippen LogP contribution in [0.4, 0.5) is 11.5 Å². The summed E-state index contributed by atoms with van der Waals surface area (Å²) in [5.74, 6) is 0.776. The van der Waals surface area contributed by atoms with Gasteiger partial charge in [0, 0.05) is 41.2 Å². The van der Waals surface area contributed by atoms with Gasteiger partial charge in [-0.2, -0.15) is 0 Å². The van der Waals surface area contributed by atoms with E-state index < -0.39 is 0 Å². The molecule has 4 rings (SSSR count). The van der Waals surface area contributed by atoms with Crippen LogP contribution in [0.15, 0.2) is 65.4 Å². The minimum atomic E-state index is -0.0720. The van der Waals surface area contributed by atoms with Crippen LogP contribution in [0.5, 0.6) is 0 Å². The lowest BCUT2D eigenvalue weighted by molar-refractivity contribution is -0.120. The number of hydrogen-bond donors (Lipinski definition) is 1. The van der Waals surface area contributed by atoms with E-state index in [0.717, 1.165) is 46.6 Å². The van der Waals surface area contributed by atoms with Crippen LogP contribution in [0.25, 0.3) is 11.3 Å². The second kappa shape index (κ2) is 8.48. The van der Waals surface area contributed by atoms with Crippen LogP contribution in [0.2, 0.25) is 0 Å². The van der Waals surface area contributed by atoms with Gasteiger partial charge in [0.2, 0.25) is 5.91 Å². The van der Waals surface area contributed by atoms with Crippen LogP contribution in [0.3, 0.4) is 0 Å². The van der Waals surface area contributed by atoms with Crippen molar-refractivity contribution in [3.63, 3.8) is 0 Å². The number of halogens is 1. The van der Waals surface area contributed by atoms with Gasteiger partial charge in [-0.3, -0.25) is 9.78 Å². The molecule has 0 radical (unpaired) electrons. The second-order valence-corrected chi connectivity index (χ2v) is 7.72. The predicted molar refractivity (Wildman–Crippen MR) is 113 cm³/mol. The Morgan fingerprint density at radius 2 is 1.96 bits per heavy atom. The van der Waals surface area contributed by atoms with Gasteiger partial charge in [0.15, 0.2) is 5.82 Å². The van der Waals surface area contributed by atoms with E-state index in [1.54, 1.807) is 12.4 Å². The minimum Gasteiger partial charge on any atom is -0.354 e. The van der Waals surface area contributed by atoms with E-state index in [9.17, 15) is 4.79 Å². The zero-order valence-electron chi connectivity index (χ0n) is 15.3. The number of anilines is 2. The summed E-state index contributed by atoms with van der Waals surface area (Å²) in [6, 6.07) is 15.4. The van der Waals surface area contributed by atoms with Crippen molar-refractivity contribution < 1.29 is 4.79 Å². The minimum absolute atomic E-state index is 0.0481. The molecule has 7 heteroatoms. The van der Waals surface area contributed by atoms with Crippen LogP contribution >= 0.6 is 15.9 Å². The Balaban J connectivity index is 1.42. The lowest BCUT2D eigenvalue weighted by Gasteiger charge is -2.32. The maximum Gasteiger partial charge on any atom is 0.229 e. The Labute approximate surface area is 172 Å². The molecule has 0 spiro atoms. The molecule has 3 heterocycles. The molecule has 6 nitrogen and oxygen atoms in total. The first-order valence-electron chi connectivity index (χ1n) is 9.24. The van der Waals surface area contributed by atoms with Gasteiger partial charge in [0.1, 0.15) is 0 Å². The zero-order valence-corrected chi connectivity index (χ0v) is 16.8. The maximum absolute atomic E-state index is 12.7. The highest BCUT2D eigenvalue weighted by atomic mass is 79.9. The van der Waals surface area contributed by atoms with Gasteiger partial charge < -0.3 is 10.2 Å². The van der Waals surface area contributed by atoms with E-state index in [1.807, 2.05) is 48.5 Å². The van der Waals surface area contributed by atoms with Crippen LogP contribution in [0.1, 0.15) is 12.8 Å². The third-order valence-electron chi connectivity index (χ3n) is 4.84. The molecule has 1 N–H and O–H groups in total. The van der Waals surface area contributed by atoms with Crippen molar-refractivity contribution in [2.24, 2.45) is 5.92 Å². The molecule has 1 aliphatic rings. The average Bonchev–Trinajstić information content (AvgIpc) is 2.76. The number of pyridine rings is 1. The molecule has 28 heavy (non-hydrogen) atoms. The van der Waals surface area contributed by atoms with Gasteiger partial charge in [-0.15, -0.1) is 10.2 Å². The van der Waals surface area contributed by atoms with E-state index in [-0.39, 0.29) is 11.8 Å². The fourth-order valence-corrected chi connectivity index (χ4v) is 3.60. The van der Waals surface area contributed by atoms with Crippen LogP contribution in [-0.4, -0.2) is 34.2 Å². The maximum atomic E-state index is 12.7. The fraction of sp³-hybridized carbons (Fsp3) is 0.238. The number of benzene rings is 1. The molecule has 1 fully saturated rings. The van der Waals surface area contributed by atoms with Crippen molar-refractivity contribution in [1.29, 1.82) is 0 Å². The molecule has 1 amide bonds. The van der Waals surface area contributed by atoms with Crippen LogP contribution < -0.4 is 10.2 Å². The summed E-state index contributed by atoms with van der Waals surface area (Å²) in [5.41, 5.74) is 2.54. The summed E-state index contributed by atoms with van der Waals surface area (Å²) in [4.78, 5) is 18.9. The van der Waals surface area contributed by atoms with E-state index >= 15 is 0 Å². The third-order valence-corrected chi connectivity index (χ3v) is 5.36. The van der Waals surface area contributed by atoms with Gasteiger partial charge in [0.05, 0.1) is 11.6 Å². The number of carbonyl (C=O) groups excluding carboxylic acids is 1. The van der Waals surface area contributed by atoms with Crippen LogP contribution in [-0.2, 0) is 4.79 Å². The quantitative estimate of drug-likeness (QED) is 0.663. The van der Waals surface area contributed by atoms with E-state index in [0.29, 0.717) is 6.54 Å². The predicted octanol–water partition coefficient (Wildman–Crippen LogP) is 4.16. The van der Waals surface area contributed by atoms with E-state index in [4.69, 9.17) is 0 Å². The average molecular weight is 438 g/mol. The van der Waals surface area contributed by atoms with Gasteiger partial charge >= 0.3 is 0 Å². The summed E-state index contributed by atoms with van der Waals surface area (Å²) in [7, 11) is 0. The first kappa shape index (κ1) is 18.6. The summed E-state index contributed by atoms with van der Waals surface area (Å²) in [5, 5.41) is 11.7. The van der Waals surface area contributed by atoms with Crippen molar-refractivity contribution in [1.82, 2.24) is 15.2 Å². The van der Waals surface area contributed by atoms with Gasteiger partial charge in [-0.05, 0) is 61.4 Å². The lowest BCUT2D eigenvalue weighted by Crippen LogP contribution is -2.41. The largest absolute Gasteiger partial charge is 0.354 e. The molecular weight excluding hydrogens is 418 g/mol. The number of hydrogen-bond acceptors (Lipinski definition) is 5. The number of amides is 1. The molecule has 2 aromatic heterocycles. The van der Waals surface area contributed by atoms with Crippen molar-refractivity contribution in [3.8, 4) is 11.3 Å². The van der Waals surface area contributed by atoms with Crippen molar-refractivity contribution in [2.75, 3.05) is 23.3 Å². The smallest absolute Gasteiger partial charge is 0.229 e. The molecule has 1 atom stereocenters.